The van der Waals surface area contributed by atoms with Crippen LogP contribution in [0, 0.1) is 0 Å². The maximum absolute atomic E-state index is 11.1. The Morgan fingerprint density at radius 2 is 1.64 bits per heavy atom. The zero-order valence-electron chi connectivity index (χ0n) is 14.8. The van der Waals surface area contributed by atoms with E-state index < -0.39 is 5.97 Å². The van der Waals surface area contributed by atoms with Crippen LogP contribution in [0.1, 0.15) is 42.6 Å². The van der Waals surface area contributed by atoms with Crippen LogP contribution in [0.25, 0.3) is 0 Å². The highest BCUT2D eigenvalue weighted by Crippen LogP contribution is 2.29. The average Bonchev–Trinajstić information content (AvgIpc) is 2.60. The van der Waals surface area contributed by atoms with Gasteiger partial charge >= 0.3 is 5.97 Å². The van der Waals surface area contributed by atoms with E-state index in [2.05, 4.69) is 19.9 Å². The number of carbonyl (C=O) groups is 1. The number of ether oxygens (including phenoxy) is 3. The zero-order chi connectivity index (χ0) is 18.2. The Morgan fingerprint density at radius 1 is 0.960 bits per heavy atom. The standard InChI is InChI=1S/C20H24O5/c1-4-23-19-13-15(20(21)22)9-10-18(19)25-12-11-24-17-8-6-5-7-16(17)14(2)3/h5-10,13-14H,4,11-12H2,1-3H3,(H,21,22). The molecule has 134 valence electrons. The van der Waals surface area contributed by atoms with Crippen LogP contribution in [0.15, 0.2) is 42.5 Å². The fraction of sp³-hybridized carbons (Fsp3) is 0.350. The van der Waals surface area contributed by atoms with E-state index in [0.29, 0.717) is 37.2 Å². The lowest BCUT2D eigenvalue weighted by atomic mass is 10.0. The van der Waals surface area contributed by atoms with Gasteiger partial charge < -0.3 is 19.3 Å². The number of aromatic carboxylic acids is 1. The van der Waals surface area contributed by atoms with Gasteiger partial charge in [-0.05, 0) is 42.7 Å². The minimum Gasteiger partial charge on any atom is -0.490 e. The van der Waals surface area contributed by atoms with Crippen molar-refractivity contribution in [3.8, 4) is 17.2 Å². The maximum Gasteiger partial charge on any atom is 0.335 e. The van der Waals surface area contributed by atoms with Gasteiger partial charge in [-0.1, -0.05) is 32.0 Å². The van der Waals surface area contributed by atoms with Crippen LogP contribution in [0.4, 0.5) is 0 Å². The minimum atomic E-state index is -0.999. The highest BCUT2D eigenvalue weighted by Gasteiger charge is 2.11. The number of rotatable bonds is 9. The van der Waals surface area contributed by atoms with Gasteiger partial charge in [-0.2, -0.15) is 0 Å². The van der Waals surface area contributed by atoms with Crippen molar-refractivity contribution < 1.29 is 24.1 Å². The quantitative estimate of drug-likeness (QED) is 0.685. The van der Waals surface area contributed by atoms with E-state index in [4.69, 9.17) is 19.3 Å². The molecule has 0 unspecified atom stereocenters. The van der Waals surface area contributed by atoms with Crippen molar-refractivity contribution in [3.05, 3.63) is 53.6 Å². The fourth-order valence-electron chi connectivity index (χ4n) is 2.42. The Bertz CT molecular complexity index is 709. The molecule has 0 saturated heterocycles. The van der Waals surface area contributed by atoms with Crippen LogP contribution in [0.3, 0.4) is 0 Å². The van der Waals surface area contributed by atoms with Gasteiger partial charge in [0.05, 0.1) is 12.2 Å². The Hall–Kier alpha value is -2.69. The normalized spacial score (nSPS) is 10.6. The van der Waals surface area contributed by atoms with Crippen molar-refractivity contribution in [1.82, 2.24) is 0 Å². The molecule has 1 N–H and O–H groups in total. The van der Waals surface area contributed by atoms with Gasteiger partial charge in [-0.3, -0.25) is 0 Å². The van der Waals surface area contributed by atoms with Crippen LogP contribution < -0.4 is 14.2 Å². The van der Waals surface area contributed by atoms with Crippen LogP contribution >= 0.6 is 0 Å². The molecule has 0 atom stereocenters. The summed E-state index contributed by atoms with van der Waals surface area (Å²) >= 11 is 0. The first-order valence-electron chi connectivity index (χ1n) is 8.37. The molecule has 0 aliphatic heterocycles. The summed E-state index contributed by atoms with van der Waals surface area (Å²) in [5.41, 5.74) is 1.32. The second-order valence-corrected chi connectivity index (χ2v) is 5.79. The summed E-state index contributed by atoms with van der Waals surface area (Å²) in [6.07, 6.45) is 0. The molecule has 0 amide bonds. The van der Waals surface area contributed by atoms with Gasteiger partial charge in [0.2, 0.25) is 0 Å². The van der Waals surface area contributed by atoms with E-state index in [9.17, 15) is 4.79 Å². The molecule has 0 aliphatic rings. The molecule has 0 heterocycles. The van der Waals surface area contributed by atoms with Crippen LogP contribution in [-0.2, 0) is 0 Å². The number of carboxylic acids is 1. The highest BCUT2D eigenvalue weighted by atomic mass is 16.5. The lowest BCUT2D eigenvalue weighted by molar-refractivity contribution is 0.0696. The predicted octanol–water partition coefficient (Wildman–Crippen LogP) is 4.36. The topological polar surface area (TPSA) is 65.0 Å². The summed E-state index contributed by atoms with van der Waals surface area (Å²) in [6, 6.07) is 12.5. The Morgan fingerprint density at radius 3 is 2.28 bits per heavy atom. The number of hydrogen-bond acceptors (Lipinski definition) is 4. The molecule has 0 spiro atoms. The molecule has 0 radical (unpaired) electrons. The number of hydrogen-bond donors (Lipinski definition) is 1. The van der Waals surface area contributed by atoms with Gasteiger partial charge in [0.1, 0.15) is 19.0 Å². The van der Waals surface area contributed by atoms with Gasteiger partial charge in [-0.25, -0.2) is 4.79 Å². The summed E-state index contributed by atoms with van der Waals surface area (Å²) in [4.78, 5) is 11.1. The number of carboxylic acid groups (broad SMARTS) is 1. The van der Waals surface area contributed by atoms with E-state index in [1.54, 1.807) is 6.07 Å². The molecular formula is C20H24O5. The van der Waals surface area contributed by atoms with Gasteiger partial charge in [0.15, 0.2) is 11.5 Å². The molecule has 0 aliphatic carbocycles. The van der Waals surface area contributed by atoms with Gasteiger partial charge in [0, 0.05) is 0 Å². The molecule has 25 heavy (non-hydrogen) atoms. The summed E-state index contributed by atoms with van der Waals surface area (Å²) in [7, 11) is 0. The largest absolute Gasteiger partial charge is 0.490 e. The first-order chi connectivity index (χ1) is 12.0. The van der Waals surface area contributed by atoms with Crippen molar-refractivity contribution in [2.24, 2.45) is 0 Å². The van der Waals surface area contributed by atoms with Crippen molar-refractivity contribution in [2.45, 2.75) is 26.7 Å². The molecule has 5 nitrogen and oxygen atoms in total. The SMILES string of the molecule is CCOc1cc(C(=O)O)ccc1OCCOc1ccccc1C(C)C. The van der Waals surface area contributed by atoms with Crippen molar-refractivity contribution in [2.75, 3.05) is 19.8 Å². The second kappa shape index (κ2) is 8.97. The summed E-state index contributed by atoms with van der Waals surface area (Å²) in [5.74, 6) is 1.16. The summed E-state index contributed by atoms with van der Waals surface area (Å²) in [5, 5.41) is 9.06. The lowest BCUT2D eigenvalue weighted by Crippen LogP contribution is -2.11. The molecule has 0 fully saturated rings. The maximum atomic E-state index is 11.1. The third kappa shape index (κ3) is 5.14. The minimum absolute atomic E-state index is 0.165. The van der Waals surface area contributed by atoms with E-state index in [1.807, 2.05) is 25.1 Å². The van der Waals surface area contributed by atoms with Crippen molar-refractivity contribution in [3.63, 3.8) is 0 Å². The Balaban J connectivity index is 1.97. The van der Waals surface area contributed by atoms with E-state index in [-0.39, 0.29) is 5.56 Å². The summed E-state index contributed by atoms with van der Waals surface area (Å²) in [6.45, 7) is 7.23. The van der Waals surface area contributed by atoms with Crippen molar-refractivity contribution in [1.29, 1.82) is 0 Å². The predicted molar refractivity (Wildman–Crippen MR) is 96.1 cm³/mol. The summed E-state index contributed by atoms with van der Waals surface area (Å²) < 4.78 is 17.0. The molecule has 0 bridgehead atoms. The Kier molecular flexibility index (Phi) is 6.69. The monoisotopic (exact) mass is 344 g/mol. The molecule has 2 rings (SSSR count). The Labute approximate surface area is 148 Å². The molecular weight excluding hydrogens is 320 g/mol. The molecule has 0 aromatic heterocycles. The fourth-order valence-corrected chi connectivity index (χ4v) is 2.42. The van der Waals surface area contributed by atoms with Crippen molar-refractivity contribution >= 4 is 5.97 Å². The molecule has 0 saturated carbocycles. The third-order valence-corrected chi connectivity index (χ3v) is 3.63. The highest BCUT2D eigenvalue weighted by molar-refractivity contribution is 5.88. The third-order valence-electron chi connectivity index (χ3n) is 3.63. The average molecular weight is 344 g/mol. The van der Waals surface area contributed by atoms with Crippen LogP contribution in [-0.4, -0.2) is 30.9 Å². The first kappa shape index (κ1) is 18.6. The second-order valence-electron chi connectivity index (χ2n) is 5.79. The lowest BCUT2D eigenvalue weighted by Gasteiger charge is -2.15. The molecule has 2 aromatic rings. The number of benzene rings is 2. The van der Waals surface area contributed by atoms with E-state index >= 15 is 0 Å². The van der Waals surface area contributed by atoms with Crippen LogP contribution in [0.5, 0.6) is 17.2 Å². The zero-order valence-corrected chi connectivity index (χ0v) is 14.8. The first-order valence-corrected chi connectivity index (χ1v) is 8.37. The smallest absolute Gasteiger partial charge is 0.335 e. The number of para-hydroxylation sites is 1. The van der Waals surface area contributed by atoms with Gasteiger partial charge in [0.25, 0.3) is 0 Å². The van der Waals surface area contributed by atoms with E-state index in [1.165, 1.54) is 12.1 Å². The molecule has 5 heteroatoms. The van der Waals surface area contributed by atoms with Gasteiger partial charge in [-0.15, -0.1) is 0 Å². The van der Waals surface area contributed by atoms with Crippen LogP contribution in [0.2, 0.25) is 0 Å². The van der Waals surface area contributed by atoms with E-state index in [0.717, 1.165) is 11.3 Å². The molecule has 2 aromatic carbocycles.